The number of pyridine rings is 1. The lowest BCUT2D eigenvalue weighted by Crippen LogP contribution is -2.30. The minimum absolute atomic E-state index is 0.175. The molecule has 0 aliphatic carbocycles. The van der Waals surface area contributed by atoms with Crippen molar-refractivity contribution in [2.75, 3.05) is 13.7 Å². The highest BCUT2D eigenvalue weighted by atomic mass is 16.5. The molecule has 25 heavy (non-hydrogen) atoms. The van der Waals surface area contributed by atoms with Gasteiger partial charge in [-0.2, -0.15) is 0 Å². The van der Waals surface area contributed by atoms with Gasteiger partial charge >= 0.3 is 5.97 Å². The van der Waals surface area contributed by atoms with Crippen molar-refractivity contribution in [2.45, 2.75) is 6.92 Å². The molecule has 3 aromatic rings. The van der Waals surface area contributed by atoms with Gasteiger partial charge in [-0.15, -0.1) is 0 Å². The van der Waals surface area contributed by atoms with Gasteiger partial charge in [-0.3, -0.25) is 9.59 Å². The van der Waals surface area contributed by atoms with Crippen LogP contribution in [0, 0.1) is 6.92 Å². The van der Waals surface area contributed by atoms with Crippen LogP contribution in [-0.4, -0.2) is 30.5 Å². The molecule has 0 aliphatic heterocycles. The molecule has 1 heterocycles. The molecule has 0 fully saturated rings. The van der Waals surface area contributed by atoms with E-state index in [-0.39, 0.29) is 12.5 Å². The number of ether oxygens (including phenoxy) is 1. The summed E-state index contributed by atoms with van der Waals surface area (Å²) in [7, 11) is 1.28. The minimum Gasteiger partial charge on any atom is -0.468 e. The monoisotopic (exact) mass is 334 g/mol. The van der Waals surface area contributed by atoms with Gasteiger partial charge in [0.2, 0.25) is 0 Å². The molecule has 0 unspecified atom stereocenters. The molecule has 5 heteroatoms. The van der Waals surface area contributed by atoms with Crippen LogP contribution in [0.3, 0.4) is 0 Å². The number of fused-ring (bicyclic) bond motifs is 1. The molecule has 1 amide bonds. The quantitative estimate of drug-likeness (QED) is 0.745. The van der Waals surface area contributed by atoms with E-state index in [9.17, 15) is 9.59 Å². The van der Waals surface area contributed by atoms with E-state index in [0.717, 1.165) is 22.0 Å². The number of carbonyl (C=O) groups is 2. The van der Waals surface area contributed by atoms with E-state index in [2.05, 4.69) is 15.0 Å². The van der Waals surface area contributed by atoms with Crippen LogP contribution in [0.25, 0.3) is 22.2 Å². The zero-order valence-electron chi connectivity index (χ0n) is 14.1. The van der Waals surface area contributed by atoms with Gasteiger partial charge in [0.15, 0.2) is 0 Å². The number of aryl methyl sites for hydroxylation is 1. The van der Waals surface area contributed by atoms with Crippen LogP contribution >= 0.6 is 0 Å². The first-order chi connectivity index (χ1) is 12.1. The van der Waals surface area contributed by atoms with Crippen molar-refractivity contribution in [1.82, 2.24) is 10.3 Å². The van der Waals surface area contributed by atoms with Gasteiger partial charge in [-0.25, -0.2) is 4.98 Å². The highest BCUT2D eigenvalue weighted by molar-refractivity contribution is 6.07. The second-order valence-electron chi connectivity index (χ2n) is 5.70. The summed E-state index contributed by atoms with van der Waals surface area (Å²) in [4.78, 5) is 28.5. The number of para-hydroxylation sites is 1. The third kappa shape index (κ3) is 3.66. The number of hydrogen-bond acceptors (Lipinski definition) is 4. The Kier molecular flexibility index (Phi) is 4.75. The highest BCUT2D eigenvalue weighted by Crippen LogP contribution is 2.25. The van der Waals surface area contributed by atoms with E-state index >= 15 is 0 Å². The second-order valence-corrected chi connectivity index (χ2v) is 5.70. The summed E-state index contributed by atoms with van der Waals surface area (Å²) in [6.45, 7) is 1.84. The number of methoxy groups -OCH3 is 1. The molecule has 1 N–H and O–H groups in total. The van der Waals surface area contributed by atoms with E-state index < -0.39 is 5.97 Å². The van der Waals surface area contributed by atoms with Crippen molar-refractivity contribution in [3.8, 4) is 11.3 Å². The molecule has 0 saturated carbocycles. The summed E-state index contributed by atoms with van der Waals surface area (Å²) in [6.07, 6.45) is 0. The second kappa shape index (κ2) is 7.13. The van der Waals surface area contributed by atoms with E-state index in [1.807, 2.05) is 55.5 Å². The summed E-state index contributed by atoms with van der Waals surface area (Å²) in [5.74, 6) is -0.831. The normalized spacial score (nSPS) is 10.5. The van der Waals surface area contributed by atoms with Crippen LogP contribution in [0.1, 0.15) is 15.9 Å². The lowest BCUT2D eigenvalue weighted by molar-refractivity contribution is -0.139. The molecule has 126 valence electrons. The molecule has 3 rings (SSSR count). The van der Waals surface area contributed by atoms with Crippen molar-refractivity contribution >= 4 is 22.8 Å². The molecule has 0 aliphatic rings. The maximum atomic E-state index is 12.6. The number of benzene rings is 2. The van der Waals surface area contributed by atoms with Crippen molar-refractivity contribution in [1.29, 1.82) is 0 Å². The minimum atomic E-state index is -0.495. The largest absolute Gasteiger partial charge is 0.468 e. The van der Waals surface area contributed by atoms with Crippen LogP contribution in [0.2, 0.25) is 0 Å². The van der Waals surface area contributed by atoms with Crippen LogP contribution in [0.5, 0.6) is 0 Å². The van der Waals surface area contributed by atoms with Crippen LogP contribution < -0.4 is 5.32 Å². The predicted molar refractivity (Wildman–Crippen MR) is 96.3 cm³/mol. The zero-order valence-corrected chi connectivity index (χ0v) is 14.1. The van der Waals surface area contributed by atoms with E-state index in [4.69, 9.17) is 0 Å². The maximum Gasteiger partial charge on any atom is 0.325 e. The average molecular weight is 334 g/mol. The topological polar surface area (TPSA) is 68.3 Å². The maximum absolute atomic E-state index is 12.6. The standard InChI is InChI=1S/C20H18N2O3/c1-13-7-9-14(10-8-13)18-11-16(20(24)21-12-19(23)25-2)15-5-3-4-6-17(15)22-18/h3-11H,12H2,1-2H3,(H,21,24). The SMILES string of the molecule is COC(=O)CNC(=O)c1cc(-c2ccc(C)cc2)nc2ccccc12. The van der Waals surface area contributed by atoms with Crippen molar-refractivity contribution in [3.63, 3.8) is 0 Å². The summed E-state index contributed by atoms with van der Waals surface area (Å²) in [5.41, 5.74) is 4.00. The van der Waals surface area contributed by atoms with Gasteiger partial charge in [0, 0.05) is 10.9 Å². The Hall–Kier alpha value is -3.21. The van der Waals surface area contributed by atoms with Gasteiger partial charge < -0.3 is 10.1 Å². The van der Waals surface area contributed by atoms with Gasteiger partial charge in [0.1, 0.15) is 6.54 Å². The Morgan fingerprint density at radius 1 is 1.08 bits per heavy atom. The fraction of sp³-hybridized carbons (Fsp3) is 0.150. The smallest absolute Gasteiger partial charge is 0.325 e. The Bertz CT molecular complexity index is 933. The summed E-state index contributed by atoms with van der Waals surface area (Å²) >= 11 is 0. The molecule has 0 spiro atoms. The summed E-state index contributed by atoms with van der Waals surface area (Å²) in [5, 5.41) is 3.33. The van der Waals surface area contributed by atoms with Crippen LogP contribution in [0.4, 0.5) is 0 Å². The predicted octanol–water partition coefficient (Wildman–Crippen LogP) is 3.11. The highest BCUT2D eigenvalue weighted by Gasteiger charge is 2.14. The van der Waals surface area contributed by atoms with Gasteiger partial charge in [0.05, 0.1) is 23.9 Å². The Balaban J connectivity index is 2.05. The molecular weight excluding hydrogens is 316 g/mol. The first-order valence-electron chi connectivity index (χ1n) is 7.90. The molecule has 0 radical (unpaired) electrons. The van der Waals surface area contributed by atoms with Crippen LogP contribution in [-0.2, 0) is 9.53 Å². The first-order valence-corrected chi connectivity index (χ1v) is 7.90. The fourth-order valence-corrected chi connectivity index (χ4v) is 2.56. The number of amides is 1. The van der Waals surface area contributed by atoms with Crippen molar-refractivity contribution < 1.29 is 14.3 Å². The summed E-state index contributed by atoms with van der Waals surface area (Å²) < 4.78 is 4.56. The van der Waals surface area contributed by atoms with Crippen molar-refractivity contribution in [2.24, 2.45) is 0 Å². The van der Waals surface area contributed by atoms with E-state index in [1.165, 1.54) is 7.11 Å². The number of rotatable bonds is 4. The van der Waals surface area contributed by atoms with E-state index in [0.29, 0.717) is 11.3 Å². The number of carbonyl (C=O) groups excluding carboxylic acids is 2. The zero-order chi connectivity index (χ0) is 17.8. The molecule has 1 aromatic heterocycles. The van der Waals surface area contributed by atoms with Crippen LogP contribution in [0.15, 0.2) is 54.6 Å². The third-order valence-electron chi connectivity index (χ3n) is 3.93. The Morgan fingerprint density at radius 3 is 2.52 bits per heavy atom. The number of nitrogens with one attached hydrogen (secondary N) is 1. The molecule has 0 saturated heterocycles. The average Bonchev–Trinajstić information content (AvgIpc) is 2.65. The molecule has 0 atom stereocenters. The van der Waals surface area contributed by atoms with E-state index in [1.54, 1.807) is 6.07 Å². The number of aromatic nitrogens is 1. The number of nitrogens with zero attached hydrogens (tertiary/aromatic N) is 1. The Labute approximate surface area is 145 Å². The molecule has 0 bridgehead atoms. The molecule has 5 nitrogen and oxygen atoms in total. The van der Waals surface area contributed by atoms with Gasteiger partial charge in [-0.05, 0) is 19.1 Å². The first kappa shape index (κ1) is 16.6. The molecule has 2 aromatic carbocycles. The van der Waals surface area contributed by atoms with Gasteiger partial charge in [0.25, 0.3) is 5.91 Å². The lowest BCUT2D eigenvalue weighted by atomic mass is 10.0. The molecular formula is C20H18N2O3. The number of esters is 1. The van der Waals surface area contributed by atoms with Gasteiger partial charge in [-0.1, -0.05) is 48.0 Å². The summed E-state index contributed by atoms with van der Waals surface area (Å²) in [6, 6.07) is 17.1. The Morgan fingerprint density at radius 2 is 1.80 bits per heavy atom. The fourth-order valence-electron chi connectivity index (χ4n) is 2.56. The lowest BCUT2D eigenvalue weighted by Gasteiger charge is -2.10. The van der Waals surface area contributed by atoms with Crippen molar-refractivity contribution in [3.05, 3.63) is 65.7 Å². The third-order valence-corrected chi connectivity index (χ3v) is 3.93. The number of hydrogen-bond donors (Lipinski definition) is 1.